The molecule has 0 aliphatic rings. The van der Waals surface area contributed by atoms with Crippen LogP contribution in [-0.4, -0.2) is 0 Å². The lowest BCUT2D eigenvalue weighted by molar-refractivity contribution is 0.626. The predicted octanol–water partition coefficient (Wildman–Crippen LogP) is 5.61. The molecule has 2 aromatic rings. The van der Waals surface area contributed by atoms with Gasteiger partial charge in [-0.2, -0.15) is 0 Å². The molecule has 0 fully saturated rings. The summed E-state index contributed by atoms with van der Waals surface area (Å²) in [4.78, 5) is 0. The van der Waals surface area contributed by atoms with Gasteiger partial charge in [-0.3, -0.25) is 0 Å². The van der Waals surface area contributed by atoms with Crippen molar-refractivity contribution in [3.05, 3.63) is 63.4 Å². The second-order valence-electron chi connectivity index (χ2n) is 4.46. The molecule has 1 unspecified atom stereocenters. The Morgan fingerprint density at radius 2 is 1.84 bits per heavy atom. The maximum absolute atomic E-state index is 13.0. The third-order valence-corrected chi connectivity index (χ3v) is 3.65. The van der Waals surface area contributed by atoms with Gasteiger partial charge in [-0.15, -0.1) is 0 Å². The minimum Gasteiger partial charge on any atom is -0.377 e. The normalized spacial score (nSPS) is 12.3. The Morgan fingerprint density at radius 1 is 1.11 bits per heavy atom. The molecular formula is C15H14Cl2FN. The zero-order chi connectivity index (χ0) is 14.0. The van der Waals surface area contributed by atoms with E-state index in [-0.39, 0.29) is 11.9 Å². The second-order valence-corrected chi connectivity index (χ2v) is 5.28. The molecule has 0 aliphatic carbocycles. The quantitative estimate of drug-likeness (QED) is 0.776. The lowest BCUT2D eigenvalue weighted by Crippen LogP contribution is -2.09. The molecule has 0 amide bonds. The summed E-state index contributed by atoms with van der Waals surface area (Å²) < 4.78 is 13.0. The van der Waals surface area contributed by atoms with Gasteiger partial charge < -0.3 is 5.32 Å². The number of aryl methyl sites for hydroxylation is 1. The van der Waals surface area contributed by atoms with E-state index in [1.165, 1.54) is 12.1 Å². The van der Waals surface area contributed by atoms with Crippen molar-refractivity contribution in [3.8, 4) is 0 Å². The summed E-state index contributed by atoms with van der Waals surface area (Å²) in [6, 6.07) is 10.0. The van der Waals surface area contributed by atoms with Crippen molar-refractivity contribution < 1.29 is 4.39 Å². The fraction of sp³-hybridized carbons (Fsp3) is 0.200. The zero-order valence-corrected chi connectivity index (χ0v) is 12.2. The van der Waals surface area contributed by atoms with Gasteiger partial charge in [0.2, 0.25) is 0 Å². The van der Waals surface area contributed by atoms with Gasteiger partial charge >= 0.3 is 0 Å². The van der Waals surface area contributed by atoms with Crippen molar-refractivity contribution in [2.45, 2.75) is 19.9 Å². The minimum absolute atomic E-state index is 0.0632. The predicted molar refractivity (Wildman–Crippen MR) is 79.6 cm³/mol. The van der Waals surface area contributed by atoms with Gasteiger partial charge in [0.05, 0.1) is 16.8 Å². The SMILES string of the molecule is Cc1cccc(Cl)c1NC(C)c1ccc(F)cc1Cl. The van der Waals surface area contributed by atoms with Gasteiger partial charge in [-0.25, -0.2) is 4.39 Å². The molecule has 0 aliphatic heterocycles. The van der Waals surface area contributed by atoms with E-state index in [4.69, 9.17) is 23.2 Å². The van der Waals surface area contributed by atoms with Crippen LogP contribution in [0.5, 0.6) is 0 Å². The average Bonchev–Trinajstić information content (AvgIpc) is 2.33. The molecular weight excluding hydrogens is 284 g/mol. The second kappa shape index (κ2) is 5.81. The Bertz CT molecular complexity index is 578. The van der Waals surface area contributed by atoms with Gasteiger partial charge in [0.15, 0.2) is 0 Å². The Balaban J connectivity index is 2.28. The molecule has 0 heterocycles. The van der Waals surface area contributed by atoms with Crippen LogP contribution in [0, 0.1) is 12.7 Å². The first-order valence-electron chi connectivity index (χ1n) is 5.95. The molecule has 0 radical (unpaired) electrons. The largest absolute Gasteiger partial charge is 0.377 e. The number of benzene rings is 2. The van der Waals surface area contributed by atoms with Crippen LogP contribution < -0.4 is 5.32 Å². The molecule has 0 aromatic heterocycles. The summed E-state index contributed by atoms with van der Waals surface area (Å²) in [6.07, 6.45) is 0. The summed E-state index contributed by atoms with van der Waals surface area (Å²) in [6.45, 7) is 3.94. The Morgan fingerprint density at radius 3 is 2.47 bits per heavy atom. The van der Waals surface area contributed by atoms with E-state index in [0.717, 1.165) is 16.8 Å². The molecule has 0 bridgehead atoms. The van der Waals surface area contributed by atoms with E-state index in [2.05, 4.69) is 5.32 Å². The first-order chi connectivity index (χ1) is 8.99. The van der Waals surface area contributed by atoms with E-state index in [0.29, 0.717) is 10.0 Å². The fourth-order valence-electron chi connectivity index (χ4n) is 1.96. The molecule has 4 heteroatoms. The average molecular weight is 298 g/mol. The van der Waals surface area contributed by atoms with Crippen LogP contribution in [-0.2, 0) is 0 Å². The third kappa shape index (κ3) is 3.20. The summed E-state index contributed by atoms with van der Waals surface area (Å²) in [7, 11) is 0. The Labute approximate surface area is 122 Å². The van der Waals surface area contributed by atoms with Gasteiger partial charge in [0, 0.05) is 5.02 Å². The number of nitrogens with one attached hydrogen (secondary N) is 1. The molecule has 1 atom stereocenters. The highest BCUT2D eigenvalue weighted by Crippen LogP contribution is 2.31. The van der Waals surface area contributed by atoms with Crippen molar-refractivity contribution in [2.24, 2.45) is 0 Å². The lowest BCUT2D eigenvalue weighted by Gasteiger charge is -2.19. The number of hydrogen-bond acceptors (Lipinski definition) is 1. The highest BCUT2D eigenvalue weighted by molar-refractivity contribution is 6.33. The van der Waals surface area contributed by atoms with Crippen LogP contribution in [0.15, 0.2) is 36.4 Å². The highest BCUT2D eigenvalue weighted by Gasteiger charge is 2.13. The number of hydrogen-bond donors (Lipinski definition) is 1. The molecule has 2 aromatic carbocycles. The summed E-state index contributed by atoms with van der Waals surface area (Å²) in [5.41, 5.74) is 2.76. The topological polar surface area (TPSA) is 12.0 Å². The Kier molecular flexibility index (Phi) is 4.33. The van der Waals surface area contributed by atoms with Crippen LogP contribution in [0.25, 0.3) is 0 Å². The van der Waals surface area contributed by atoms with Crippen molar-refractivity contribution in [1.29, 1.82) is 0 Å². The van der Waals surface area contributed by atoms with Crippen molar-refractivity contribution in [3.63, 3.8) is 0 Å². The molecule has 2 rings (SSSR count). The first kappa shape index (κ1) is 14.2. The van der Waals surface area contributed by atoms with Crippen LogP contribution in [0.2, 0.25) is 10.0 Å². The van der Waals surface area contributed by atoms with E-state index in [9.17, 15) is 4.39 Å². The van der Waals surface area contributed by atoms with Crippen molar-refractivity contribution >= 4 is 28.9 Å². The third-order valence-electron chi connectivity index (χ3n) is 3.01. The first-order valence-corrected chi connectivity index (χ1v) is 6.71. The molecule has 19 heavy (non-hydrogen) atoms. The molecule has 0 saturated heterocycles. The summed E-state index contributed by atoms with van der Waals surface area (Å²) in [5, 5.41) is 4.38. The van der Waals surface area contributed by atoms with Crippen LogP contribution >= 0.6 is 23.2 Å². The van der Waals surface area contributed by atoms with Crippen molar-refractivity contribution in [2.75, 3.05) is 5.32 Å². The number of halogens is 3. The van der Waals surface area contributed by atoms with Crippen molar-refractivity contribution in [1.82, 2.24) is 0 Å². The monoisotopic (exact) mass is 297 g/mol. The molecule has 0 spiro atoms. The van der Waals surface area contributed by atoms with E-state index >= 15 is 0 Å². The van der Waals surface area contributed by atoms with E-state index in [1.54, 1.807) is 6.07 Å². The fourth-order valence-corrected chi connectivity index (χ4v) is 2.57. The van der Waals surface area contributed by atoms with Crippen LogP contribution in [0.1, 0.15) is 24.1 Å². The highest BCUT2D eigenvalue weighted by atomic mass is 35.5. The number of rotatable bonds is 3. The zero-order valence-electron chi connectivity index (χ0n) is 10.7. The standard InChI is InChI=1S/C15H14Cl2FN/c1-9-4-3-5-13(16)15(9)19-10(2)12-7-6-11(18)8-14(12)17/h3-8,10,19H,1-2H3. The van der Waals surface area contributed by atoms with Gasteiger partial charge in [-0.1, -0.05) is 41.4 Å². The molecule has 100 valence electrons. The van der Waals surface area contributed by atoms with E-state index < -0.39 is 0 Å². The number of para-hydroxylation sites is 1. The van der Waals surface area contributed by atoms with Gasteiger partial charge in [0.1, 0.15) is 5.82 Å². The minimum atomic E-state index is -0.338. The molecule has 0 saturated carbocycles. The van der Waals surface area contributed by atoms with Gasteiger partial charge in [0.25, 0.3) is 0 Å². The number of anilines is 1. The van der Waals surface area contributed by atoms with Crippen LogP contribution in [0.3, 0.4) is 0 Å². The molecule has 1 N–H and O–H groups in total. The Hall–Kier alpha value is -1.25. The molecule has 1 nitrogen and oxygen atoms in total. The maximum Gasteiger partial charge on any atom is 0.124 e. The summed E-state index contributed by atoms with van der Waals surface area (Å²) >= 11 is 12.2. The van der Waals surface area contributed by atoms with Crippen LogP contribution in [0.4, 0.5) is 10.1 Å². The van der Waals surface area contributed by atoms with E-state index in [1.807, 2.05) is 32.0 Å². The van der Waals surface area contributed by atoms with Gasteiger partial charge in [-0.05, 0) is 43.2 Å². The smallest absolute Gasteiger partial charge is 0.124 e. The lowest BCUT2D eigenvalue weighted by atomic mass is 10.1. The summed E-state index contributed by atoms with van der Waals surface area (Å²) in [5.74, 6) is -0.338. The maximum atomic E-state index is 13.0.